The molecule has 5 nitrogen and oxygen atoms in total. The number of aliphatic carboxylic acids is 1. The highest BCUT2D eigenvalue weighted by atomic mass is 35.5. The van der Waals surface area contributed by atoms with E-state index in [1.54, 1.807) is 6.92 Å². The van der Waals surface area contributed by atoms with Crippen LogP contribution in [-0.4, -0.2) is 29.1 Å². The summed E-state index contributed by atoms with van der Waals surface area (Å²) in [6.07, 6.45) is 1.43. The second-order valence-corrected chi connectivity index (χ2v) is 3.39. The van der Waals surface area contributed by atoms with E-state index >= 15 is 0 Å². The van der Waals surface area contributed by atoms with E-state index in [0.29, 0.717) is 12.4 Å². The lowest BCUT2D eigenvalue weighted by molar-refractivity contribution is -0.135. The van der Waals surface area contributed by atoms with Crippen LogP contribution in [-0.2, 0) is 4.79 Å². The molecule has 1 N–H and O–H groups in total. The third-order valence-electron chi connectivity index (χ3n) is 2.00. The van der Waals surface area contributed by atoms with E-state index in [1.807, 2.05) is 6.07 Å². The van der Waals surface area contributed by atoms with E-state index < -0.39 is 5.97 Å². The molecule has 0 atom stereocenters. The van der Waals surface area contributed by atoms with Crippen molar-refractivity contribution in [3.63, 3.8) is 0 Å². The van der Waals surface area contributed by atoms with Crippen molar-refractivity contribution in [2.45, 2.75) is 6.92 Å². The number of carboxylic acids is 1. The first kappa shape index (κ1) is 12.3. The third kappa shape index (κ3) is 2.61. The Morgan fingerprint density at radius 1 is 1.75 bits per heavy atom. The number of pyridine rings is 1. The van der Waals surface area contributed by atoms with Crippen LogP contribution >= 0.6 is 11.6 Å². The number of carbonyl (C=O) groups is 1. The van der Waals surface area contributed by atoms with Gasteiger partial charge in [-0.15, -0.1) is 0 Å². The first-order valence-corrected chi connectivity index (χ1v) is 4.99. The van der Waals surface area contributed by atoms with E-state index in [9.17, 15) is 4.79 Å². The van der Waals surface area contributed by atoms with Crippen LogP contribution in [0.2, 0.25) is 5.02 Å². The molecule has 0 saturated carbocycles. The standard InChI is InChI=1S/C10H10ClN3O2/c1-2-14(6-8(15)16)10-9(11)7(5-12)3-4-13-10/h3-4H,2,6H2,1H3,(H,15,16). The summed E-state index contributed by atoms with van der Waals surface area (Å²) < 4.78 is 0. The molecular weight excluding hydrogens is 230 g/mol. The second kappa shape index (κ2) is 5.33. The van der Waals surface area contributed by atoms with Gasteiger partial charge in [-0.25, -0.2) is 4.98 Å². The first-order valence-electron chi connectivity index (χ1n) is 4.61. The molecule has 16 heavy (non-hydrogen) atoms. The maximum atomic E-state index is 10.6. The molecule has 0 fully saturated rings. The molecule has 0 radical (unpaired) electrons. The van der Waals surface area contributed by atoms with E-state index in [-0.39, 0.29) is 17.1 Å². The molecule has 0 amide bonds. The van der Waals surface area contributed by atoms with E-state index in [1.165, 1.54) is 17.2 Å². The van der Waals surface area contributed by atoms with Crippen molar-refractivity contribution in [3.05, 3.63) is 22.8 Å². The normalized spacial score (nSPS) is 9.56. The van der Waals surface area contributed by atoms with Gasteiger partial charge in [0, 0.05) is 12.7 Å². The molecule has 1 heterocycles. The highest BCUT2D eigenvalue weighted by molar-refractivity contribution is 6.34. The zero-order valence-electron chi connectivity index (χ0n) is 8.64. The van der Waals surface area contributed by atoms with Gasteiger partial charge in [-0.05, 0) is 13.0 Å². The predicted octanol–water partition coefficient (Wildman–Crippen LogP) is 1.52. The van der Waals surface area contributed by atoms with Gasteiger partial charge < -0.3 is 10.0 Å². The lowest BCUT2D eigenvalue weighted by Crippen LogP contribution is -2.30. The molecule has 6 heteroatoms. The molecule has 0 aromatic carbocycles. The first-order chi connectivity index (χ1) is 7.60. The van der Waals surface area contributed by atoms with Crippen molar-refractivity contribution in [3.8, 4) is 6.07 Å². The van der Waals surface area contributed by atoms with Gasteiger partial charge in [0.2, 0.25) is 0 Å². The van der Waals surface area contributed by atoms with Gasteiger partial charge >= 0.3 is 5.97 Å². The van der Waals surface area contributed by atoms with Crippen molar-refractivity contribution in [2.24, 2.45) is 0 Å². The molecule has 0 saturated heterocycles. The Balaban J connectivity index is 3.11. The number of halogens is 1. The number of anilines is 1. The van der Waals surface area contributed by atoms with Crippen LogP contribution in [0.25, 0.3) is 0 Å². The van der Waals surface area contributed by atoms with Crippen LogP contribution in [0.4, 0.5) is 5.82 Å². The molecule has 0 unspecified atom stereocenters. The number of hydrogen-bond acceptors (Lipinski definition) is 4. The Hall–Kier alpha value is -1.80. The van der Waals surface area contributed by atoms with Crippen LogP contribution in [0.1, 0.15) is 12.5 Å². The Morgan fingerprint density at radius 3 is 2.94 bits per heavy atom. The number of rotatable bonds is 4. The number of nitriles is 1. The Kier molecular flexibility index (Phi) is 4.09. The molecular formula is C10H10ClN3O2. The van der Waals surface area contributed by atoms with Crippen LogP contribution < -0.4 is 4.90 Å². The highest BCUT2D eigenvalue weighted by Gasteiger charge is 2.15. The third-order valence-corrected chi connectivity index (χ3v) is 2.37. The Bertz CT molecular complexity index is 442. The minimum absolute atomic E-state index is 0.188. The number of likely N-dealkylation sites (N-methyl/N-ethyl adjacent to an activating group) is 1. The van der Waals surface area contributed by atoms with Crippen molar-refractivity contribution < 1.29 is 9.90 Å². The molecule has 0 bridgehead atoms. The highest BCUT2D eigenvalue weighted by Crippen LogP contribution is 2.25. The fraction of sp³-hybridized carbons (Fsp3) is 0.300. The van der Waals surface area contributed by atoms with Crippen molar-refractivity contribution in [2.75, 3.05) is 18.0 Å². The van der Waals surface area contributed by atoms with Gasteiger partial charge in [-0.1, -0.05) is 11.6 Å². The van der Waals surface area contributed by atoms with Gasteiger partial charge in [0.1, 0.15) is 23.5 Å². The average Bonchev–Trinajstić information content (AvgIpc) is 2.26. The summed E-state index contributed by atoms with van der Waals surface area (Å²) in [6.45, 7) is 2.05. The molecule has 0 aliphatic carbocycles. The second-order valence-electron chi connectivity index (χ2n) is 3.02. The topological polar surface area (TPSA) is 77.2 Å². The largest absolute Gasteiger partial charge is 0.480 e. The van der Waals surface area contributed by atoms with Crippen LogP contribution in [0, 0.1) is 11.3 Å². The molecule has 0 aliphatic heterocycles. The SMILES string of the molecule is CCN(CC(=O)O)c1nccc(C#N)c1Cl. The van der Waals surface area contributed by atoms with Gasteiger partial charge in [0.05, 0.1) is 5.56 Å². The van der Waals surface area contributed by atoms with Crippen molar-refractivity contribution in [1.29, 1.82) is 5.26 Å². The lowest BCUT2D eigenvalue weighted by Gasteiger charge is -2.20. The minimum Gasteiger partial charge on any atom is -0.480 e. The number of aromatic nitrogens is 1. The molecule has 84 valence electrons. The molecule has 1 aromatic rings. The van der Waals surface area contributed by atoms with Crippen molar-refractivity contribution in [1.82, 2.24) is 4.98 Å². The summed E-state index contributed by atoms with van der Waals surface area (Å²) in [5, 5.41) is 17.7. The van der Waals surface area contributed by atoms with Gasteiger partial charge in [0.25, 0.3) is 0 Å². The quantitative estimate of drug-likeness (QED) is 0.862. The number of hydrogen-bond donors (Lipinski definition) is 1. The monoisotopic (exact) mass is 239 g/mol. The van der Waals surface area contributed by atoms with E-state index in [0.717, 1.165) is 0 Å². The van der Waals surface area contributed by atoms with Crippen LogP contribution in [0.5, 0.6) is 0 Å². The van der Waals surface area contributed by atoms with Gasteiger partial charge in [-0.3, -0.25) is 4.79 Å². The maximum Gasteiger partial charge on any atom is 0.323 e. The molecule has 1 aromatic heterocycles. The number of nitrogens with zero attached hydrogens (tertiary/aromatic N) is 3. The van der Waals surface area contributed by atoms with Crippen LogP contribution in [0.15, 0.2) is 12.3 Å². The summed E-state index contributed by atoms with van der Waals surface area (Å²) in [6, 6.07) is 3.41. The smallest absolute Gasteiger partial charge is 0.323 e. The molecule has 1 rings (SSSR count). The van der Waals surface area contributed by atoms with Gasteiger partial charge in [0.15, 0.2) is 0 Å². The average molecular weight is 240 g/mol. The summed E-state index contributed by atoms with van der Waals surface area (Å²) in [7, 11) is 0. The summed E-state index contributed by atoms with van der Waals surface area (Å²) in [5.74, 6) is -0.646. The molecule has 0 aliphatic rings. The predicted molar refractivity (Wildman–Crippen MR) is 59.5 cm³/mol. The fourth-order valence-electron chi connectivity index (χ4n) is 1.24. The minimum atomic E-state index is -0.970. The summed E-state index contributed by atoms with van der Waals surface area (Å²) in [4.78, 5) is 16.1. The van der Waals surface area contributed by atoms with Crippen LogP contribution in [0.3, 0.4) is 0 Å². The van der Waals surface area contributed by atoms with Gasteiger partial charge in [-0.2, -0.15) is 5.26 Å². The molecule has 0 spiro atoms. The fourth-order valence-corrected chi connectivity index (χ4v) is 1.51. The zero-order valence-corrected chi connectivity index (χ0v) is 9.40. The van der Waals surface area contributed by atoms with E-state index in [4.69, 9.17) is 22.0 Å². The summed E-state index contributed by atoms with van der Waals surface area (Å²) in [5.41, 5.74) is 0.288. The lowest BCUT2D eigenvalue weighted by atomic mass is 10.2. The zero-order chi connectivity index (χ0) is 12.1. The Morgan fingerprint density at radius 2 is 2.44 bits per heavy atom. The van der Waals surface area contributed by atoms with E-state index in [2.05, 4.69) is 4.98 Å². The maximum absolute atomic E-state index is 10.6. The number of carboxylic acid groups (broad SMARTS) is 1. The Labute approximate surface area is 97.9 Å². The summed E-state index contributed by atoms with van der Waals surface area (Å²) >= 11 is 5.95. The van der Waals surface area contributed by atoms with Crippen molar-refractivity contribution >= 4 is 23.4 Å².